The normalized spacial score (nSPS) is 17.9. The highest BCUT2D eigenvalue weighted by molar-refractivity contribution is 5.93. The Hall–Kier alpha value is -1.84. The van der Waals surface area contributed by atoms with Gasteiger partial charge in [0.25, 0.3) is 0 Å². The van der Waals surface area contributed by atoms with Crippen molar-refractivity contribution in [3.8, 4) is 0 Å². The van der Waals surface area contributed by atoms with E-state index in [-0.39, 0.29) is 17.7 Å². The predicted octanol–water partition coefficient (Wildman–Crippen LogP) is 2.72. The van der Waals surface area contributed by atoms with Gasteiger partial charge in [-0.05, 0) is 42.5 Å². The minimum atomic E-state index is 0.138. The molecule has 1 aliphatic carbocycles. The van der Waals surface area contributed by atoms with Gasteiger partial charge in [-0.25, -0.2) is 0 Å². The Morgan fingerprint density at radius 3 is 2.76 bits per heavy atom. The molecule has 3 rings (SSSR count). The first-order valence-electron chi connectivity index (χ1n) is 7.88. The van der Waals surface area contributed by atoms with Crippen LogP contribution in [0.2, 0.25) is 0 Å². The number of nitrogens with zero attached hydrogens (tertiary/aromatic N) is 1. The molecule has 112 valence electrons. The van der Waals surface area contributed by atoms with E-state index >= 15 is 0 Å². The van der Waals surface area contributed by atoms with Crippen molar-refractivity contribution in [2.24, 2.45) is 5.92 Å². The van der Waals surface area contributed by atoms with Crippen LogP contribution in [0.3, 0.4) is 0 Å². The van der Waals surface area contributed by atoms with Crippen LogP contribution in [0.15, 0.2) is 18.2 Å². The van der Waals surface area contributed by atoms with Crippen LogP contribution in [-0.4, -0.2) is 23.3 Å². The number of anilines is 1. The third-order valence-corrected chi connectivity index (χ3v) is 4.62. The molecule has 0 spiro atoms. The molecule has 0 atom stereocenters. The molecule has 1 N–H and O–H groups in total. The molecule has 2 amide bonds. The summed E-state index contributed by atoms with van der Waals surface area (Å²) in [5.74, 6) is 0.530. The Morgan fingerprint density at radius 1 is 1.29 bits per heavy atom. The van der Waals surface area contributed by atoms with E-state index in [9.17, 15) is 9.59 Å². The van der Waals surface area contributed by atoms with E-state index in [1.165, 1.54) is 5.56 Å². The molecular weight excluding hydrogens is 264 g/mol. The zero-order chi connectivity index (χ0) is 14.8. The lowest BCUT2D eigenvalue weighted by Crippen LogP contribution is -2.35. The number of hydrogen-bond acceptors (Lipinski definition) is 2. The first-order chi connectivity index (χ1) is 10.2. The molecule has 0 unspecified atom stereocenters. The Bertz CT molecular complexity index is 564. The smallest absolute Gasteiger partial charge is 0.227 e. The second kappa shape index (κ2) is 5.88. The average molecular weight is 286 g/mol. The number of carbonyl (C=O) groups is 2. The van der Waals surface area contributed by atoms with Crippen LogP contribution in [0.4, 0.5) is 5.69 Å². The van der Waals surface area contributed by atoms with E-state index in [0.717, 1.165) is 43.5 Å². The van der Waals surface area contributed by atoms with Crippen LogP contribution < -0.4 is 5.32 Å². The van der Waals surface area contributed by atoms with Gasteiger partial charge in [0.2, 0.25) is 11.8 Å². The van der Waals surface area contributed by atoms with Crippen molar-refractivity contribution in [2.45, 2.75) is 45.6 Å². The zero-order valence-corrected chi connectivity index (χ0v) is 12.5. The number of carbonyl (C=O) groups excluding carboxylic acids is 2. The second-order valence-electron chi connectivity index (χ2n) is 6.02. The van der Waals surface area contributed by atoms with Gasteiger partial charge in [0.15, 0.2) is 0 Å². The third kappa shape index (κ3) is 2.94. The van der Waals surface area contributed by atoms with Gasteiger partial charge in [-0.1, -0.05) is 19.4 Å². The summed E-state index contributed by atoms with van der Waals surface area (Å²) in [6, 6.07) is 6.09. The number of benzene rings is 1. The van der Waals surface area contributed by atoms with Gasteiger partial charge in [-0.3, -0.25) is 9.59 Å². The molecule has 1 aromatic carbocycles. The van der Waals surface area contributed by atoms with E-state index in [0.29, 0.717) is 13.0 Å². The molecule has 1 heterocycles. The standard InChI is InChI=1S/C17H22N2O2/c1-2-16(20)19-9-8-12-6-7-15(10-14(12)11-19)18-17(21)13-4-3-5-13/h6-7,10,13H,2-5,8-9,11H2,1H3,(H,18,21). The van der Waals surface area contributed by atoms with E-state index in [1.54, 1.807) is 0 Å². The highest BCUT2D eigenvalue weighted by Gasteiger charge is 2.25. The van der Waals surface area contributed by atoms with E-state index in [1.807, 2.05) is 24.0 Å². The lowest BCUT2D eigenvalue weighted by atomic mass is 9.85. The Labute approximate surface area is 125 Å². The summed E-state index contributed by atoms with van der Waals surface area (Å²) in [6.45, 7) is 3.36. The van der Waals surface area contributed by atoms with Crippen molar-refractivity contribution in [1.29, 1.82) is 0 Å². The van der Waals surface area contributed by atoms with Crippen molar-refractivity contribution in [3.63, 3.8) is 0 Å². The molecule has 21 heavy (non-hydrogen) atoms. The average Bonchev–Trinajstić information content (AvgIpc) is 2.43. The number of amides is 2. The maximum absolute atomic E-state index is 12.0. The number of hydrogen-bond donors (Lipinski definition) is 1. The first-order valence-corrected chi connectivity index (χ1v) is 7.88. The molecule has 0 saturated heterocycles. The predicted molar refractivity (Wildman–Crippen MR) is 81.8 cm³/mol. The van der Waals surface area contributed by atoms with Crippen molar-refractivity contribution in [1.82, 2.24) is 4.90 Å². The van der Waals surface area contributed by atoms with Crippen LogP contribution in [0.25, 0.3) is 0 Å². The molecule has 0 aromatic heterocycles. The molecule has 1 fully saturated rings. The fourth-order valence-electron chi connectivity index (χ4n) is 2.99. The van der Waals surface area contributed by atoms with Gasteiger partial charge in [0.05, 0.1) is 0 Å². The summed E-state index contributed by atoms with van der Waals surface area (Å²) in [5, 5.41) is 3.01. The van der Waals surface area contributed by atoms with Gasteiger partial charge >= 0.3 is 0 Å². The summed E-state index contributed by atoms with van der Waals surface area (Å²) >= 11 is 0. The van der Waals surface area contributed by atoms with E-state index < -0.39 is 0 Å². The molecule has 2 aliphatic rings. The molecule has 4 nitrogen and oxygen atoms in total. The summed E-state index contributed by atoms with van der Waals surface area (Å²) in [7, 11) is 0. The van der Waals surface area contributed by atoms with Crippen molar-refractivity contribution in [2.75, 3.05) is 11.9 Å². The Balaban J connectivity index is 1.71. The molecular formula is C17H22N2O2. The minimum absolute atomic E-state index is 0.138. The summed E-state index contributed by atoms with van der Waals surface area (Å²) < 4.78 is 0. The second-order valence-corrected chi connectivity index (χ2v) is 6.02. The quantitative estimate of drug-likeness (QED) is 0.928. The lowest BCUT2D eigenvalue weighted by molar-refractivity contribution is -0.131. The lowest BCUT2D eigenvalue weighted by Gasteiger charge is -2.29. The van der Waals surface area contributed by atoms with Crippen LogP contribution in [-0.2, 0) is 22.6 Å². The van der Waals surface area contributed by atoms with Crippen LogP contribution in [0.1, 0.15) is 43.7 Å². The highest BCUT2D eigenvalue weighted by Crippen LogP contribution is 2.28. The highest BCUT2D eigenvalue weighted by atomic mass is 16.2. The SMILES string of the molecule is CCC(=O)N1CCc2ccc(NC(=O)C3CCC3)cc2C1. The maximum atomic E-state index is 12.0. The number of fused-ring (bicyclic) bond motifs is 1. The third-order valence-electron chi connectivity index (χ3n) is 4.62. The van der Waals surface area contributed by atoms with Gasteiger partial charge in [-0.2, -0.15) is 0 Å². The van der Waals surface area contributed by atoms with E-state index in [2.05, 4.69) is 11.4 Å². The van der Waals surface area contributed by atoms with Crippen molar-refractivity contribution < 1.29 is 9.59 Å². The summed E-state index contributed by atoms with van der Waals surface area (Å²) in [6.07, 6.45) is 4.63. The maximum Gasteiger partial charge on any atom is 0.227 e. The monoisotopic (exact) mass is 286 g/mol. The molecule has 1 aromatic rings. The van der Waals surface area contributed by atoms with E-state index in [4.69, 9.17) is 0 Å². The molecule has 0 radical (unpaired) electrons. The molecule has 4 heteroatoms. The topological polar surface area (TPSA) is 49.4 Å². The van der Waals surface area contributed by atoms with Crippen molar-refractivity contribution in [3.05, 3.63) is 29.3 Å². The molecule has 0 bridgehead atoms. The number of nitrogens with one attached hydrogen (secondary N) is 1. The first kappa shape index (κ1) is 14.1. The van der Waals surface area contributed by atoms with Crippen molar-refractivity contribution >= 4 is 17.5 Å². The Kier molecular flexibility index (Phi) is 3.95. The number of rotatable bonds is 3. The van der Waals surface area contributed by atoms with Gasteiger partial charge < -0.3 is 10.2 Å². The fourth-order valence-corrected chi connectivity index (χ4v) is 2.99. The summed E-state index contributed by atoms with van der Waals surface area (Å²) in [4.78, 5) is 25.7. The zero-order valence-electron chi connectivity index (χ0n) is 12.5. The molecule has 1 aliphatic heterocycles. The van der Waals surface area contributed by atoms with Crippen LogP contribution in [0, 0.1) is 5.92 Å². The fraction of sp³-hybridized carbons (Fsp3) is 0.529. The summed E-state index contributed by atoms with van der Waals surface area (Å²) in [5.41, 5.74) is 3.31. The largest absolute Gasteiger partial charge is 0.338 e. The van der Waals surface area contributed by atoms with Gasteiger partial charge in [-0.15, -0.1) is 0 Å². The molecule has 1 saturated carbocycles. The van der Waals surface area contributed by atoms with Gasteiger partial charge in [0, 0.05) is 31.1 Å². The van der Waals surface area contributed by atoms with Crippen LogP contribution >= 0.6 is 0 Å². The van der Waals surface area contributed by atoms with Gasteiger partial charge in [0.1, 0.15) is 0 Å². The Morgan fingerprint density at radius 2 is 2.10 bits per heavy atom. The van der Waals surface area contributed by atoms with Crippen LogP contribution in [0.5, 0.6) is 0 Å². The minimum Gasteiger partial charge on any atom is -0.338 e.